The van der Waals surface area contributed by atoms with E-state index in [9.17, 15) is 4.39 Å². The molecule has 0 aliphatic rings. The first-order valence-corrected chi connectivity index (χ1v) is 6.19. The summed E-state index contributed by atoms with van der Waals surface area (Å²) in [6.45, 7) is 0. The van der Waals surface area contributed by atoms with Gasteiger partial charge in [0, 0.05) is 4.47 Å². The largest absolute Gasteiger partial charge is 0.352 e. The molecule has 1 N–H and O–H groups in total. The van der Waals surface area contributed by atoms with Crippen LogP contribution in [0.2, 0.25) is 5.02 Å². The zero-order valence-electron chi connectivity index (χ0n) is 9.05. The van der Waals surface area contributed by atoms with Gasteiger partial charge in [0.2, 0.25) is 0 Å². The van der Waals surface area contributed by atoms with Crippen molar-refractivity contribution in [3.05, 3.63) is 57.3 Å². The van der Waals surface area contributed by atoms with E-state index in [-0.39, 0.29) is 10.7 Å². The molecule has 2 nitrogen and oxygen atoms in total. The van der Waals surface area contributed by atoms with E-state index in [1.165, 1.54) is 6.07 Å². The van der Waals surface area contributed by atoms with Crippen molar-refractivity contribution in [2.24, 2.45) is 0 Å². The molecule has 0 saturated carbocycles. The number of nitrogens with zero attached hydrogens (tertiary/aromatic N) is 1. The predicted molar refractivity (Wildman–Crippen MR) is 73.5 cm³/mol. The number of nitrogens with one attached hydrogen (secondary N) is 1. The smallest absolute Gasteiger partial charge is 0.165 e. The van der Waals surface area contributed by atoms with Crippen LogP contribution in [0.1, 0.15) is 5.56 Å². The second-order valence-electron chi connectivity index (χ2n) is 3.53. The third kappa shape index (κ3) is 2.63. The van der Waals surface area contributed by atoms with Gasteiger partial charge in [0.15, 0.2) is 5.82 Å². The van der Waals surface area contributed by atoms with Gasteiger partial charge in [-0.25, -0.2) is 4.39 Å². The van der Waals surface area contributed by atoms with E-state index in [4.69, 9.17) is 16.9 Å². The molecule has 0 heterocycles. The molecule has 0 atom stereocenters. The van der Waals surface area contributed by atoms with Crippen LogP contribution in [0.15, 0.2) is 40.9 Å². The maximum atomic E-state index is 13.7. The lowest BCUT2D eigenvalue weighted by Gasteiger charge is -2.10. The normalized spacial score (nSPS) is 9.89. The molecule has 0 aliphatic carbocycles. The van der Waals surface area contributed by atoms with E-state index in [0.717, 1.165) is 4.47 Å². The van der Waals surface area contributed by atoms with Crippen LogP contribution in [0, 0.1) is 17.1 Å². The van der Waals surface area contributed by atoms with Crippen LogP contribution < -0.4 is 5.32 Å². The van der Waals surface area contributed by atoms with Gasteiger partial charge in [-0.1, -0.05) is 33.6 Å². The molecule has 0 bridgehead atoms. The number of hydrogen-bond donors (Lipinski definition) is 1. The average Bonchev–Trinajstić information content (AvgIpc) is 2.37. The third-order valence-corrected chi connectivity index (χ3v) is 3.11. The molecule has 0 fully saturated rings. The van der Waals surface area contributed by atoms with Gasteiger partial charge in [-0.05, 0) is 30.3 Å². The van der Waals surface area contributed by atoms with Crippen molar-refractivity contribution in [1.29, 1.82) is 5.26 Å². The number of anilines is 2. The summed E-state index contributed by atoms with van der Waals surface area (Å²) in [5.74, 6) is -0.536. The first-order valence-electron chi connectivity index (χ1n) is 5.02. The van der Waals surface area contributed by atoms with Gasteiger partial charge in [0.05, 0.1) is 22.0 Å². The summed E-state index contributed by atoms with van der Waals surface area (Å²) in [6, 6.07) is 11.8. The summed E-state index contributed by atoms with van der Waals surface area (Å²) in [5, 5.41) is 11.9. The van der Waals surface area contributed by atoms with Crippen molar-refractivity contribution in [3.63, 3.8) is 0 Å². The lowest BCUT2D eigenvalue weighted by atomic mass is 10.2. The summed E-state index contributed by atoms with van der Waals surface area (Å²) < 4.78 is 14.5. The van der Waals surface area contributed by atoms with Crippen molar-refractivity contribution >= 4 is 38.9 Å². The van der Waals surface area contributed by atoms with Crippen LogP contribution in [0.4, 0.5) is 15.8 Å². The highest BCUT2D eigenvalue weighted by Crippen LogP contribution is 2.28. The Labute approximate surface area is 117 Å². The fourth-order valence-electron chi connectivity index (χ4n) is 1.46. The van der Waals surface area contributed by atoms with E-state index < -0.39 is 5.82 Å². The SMILES string of the molecule is N#Cc1cc(Br)ccc1Nc1cccc(Cl)c1F. The van der Waals surface area contributed by atoms with Crippen LogP contribution in [-0.2, 0) is 0 Å². The van der Waals surface area contributed by atoms with Crippen LogP contribution in [0.3, 0.4) is 0 Å². The van der Waals surface area contributed by atoms with Crippen molar-refractivity contribution in [2.45, 2.75) is 0 Å². The minimum Gasteiger partial charge on any atom is -0.352 e. The summed E-state index contributed by atoms with van der Waals surface area (Å²) in [5.41, 5.74) is 1.19. The van der Waals surface area contributed by atoms with Crippen molar-refractivity contribution in [3.8, 4) is 6.07 Å². The topological polar surface area (TPSA) is 35.8 Å². The maximum absolute atomic E-state index is 13.7. The van der Waals surface area contributed by atoms with E-state index in [1.807, 2.05) is 6.07 Å². The molecule has 0 radical (unpaired) electrons. The molecular formula is C13H7BrClFN2. The van der Waals surface area contributed by atoms with Crippen molar-refractivity contribution in [1.82, 2.24) is 0 Å². The minimum atomic E-state index is -0.536. The highest BCUT2D eigenvalue weighted by atomic mass is 79.9. The monoisotopic (exact) mass is 324 g/mol. The number of benzene rings is 2. The Morgan fingerprint density at radius 1 is 1.22 bits per heavy atom. The molecule has 0 saturated heterocycles. The van der Waals surface area contributed by atoms with Gasteiger partial charge in [-0.2, -0.15) is 5.26 Å². The first kappa shape index (κ1) is 12.9. The Morgan fingerprint density at radius 2 is 2.00 bits per heavy atom. The molecule has 2 aromatic rings. The Hall–Kier alpha value is -1.57. The van der Waals surface area contributed by atoms with Gasteiger partial charge in [0.1, 0.15) is 6.07 Å². The second-order valence-corrected chi connectivity index (χ2v) is 4.85. The molecule has 0 spiro atoms. The summed E-state index contributed by atoms with van der Waals surface area (Å²) in [4.78, 5) is 0. The van der Waals surface area contributed by atoms with Crippen molar-refractivity contribution < 1.29 is 4.39 Å². The molecule has 18 heavy (non-hydrogen) atoms. The lowest BCUT2D eigenvalue weighted by molar-refractivity contribution is 0.632. The summed E-state index contributed by atoms with van der Waals surface area (Å²) >= 11 is 8.97. The van der Waals surface area contributed by atoms with Gasteiger partial charge in [-0.15, -0.1) is 0 Å². The van der Waals surface area contributed by atoms with Gasteiger partial charge >= 0.3 is 0 Å². The zero-order valence-corrected chi connectivity index (χ0v) is 11.4. The molecule has 0 amide bonds. The number of nitriles is 1. The van der Waals surface area contributed by atoms with E-state index in [0.29, 0.717) is 11.3 Å². The van der Waals surface area contributed by atoms with Crippen molar-refractivity contribution in [2.75, 3.05) is 5.32 Å². The van der Waals surface area contributed by atoms with E-state index in [2.05, 4.69) is 21.2 Å². The van der Waals surface area contributed by atoms with Crippen LogP contribution in [0.25, 0.3) is 0 Å². The van der Waals surface area contributed by atoms with E-state index >= 15 is 0 Å². The predicted octanol–water partition coefficient (Wildman–Crippen LogP) is 4.86. The van der Waals surface area contributed by atoms with E-state index in [1.54, 1.807) is 30.3 Å². The van der Waals surface area contributed by atoms with Gasteiger partial charge < -0.3 is 5.32 Å². The van der Waals surface area contributed by atoms with Crippen LogP contribution >= 0.6 is 27.5 Å². The Balaban J connectivity index is 2.41. The third-order valence-electron chi connectivity index (χ3n) is 2.32. The zero-order chi connectivity index (χ0) is 13.1. The molecule has 90 valence electrons. The standard InChI is InChI=1S/C13H7BrClFN2/c14-9-4-5-11(8(6-9)7-17)18-12-3-1-2-10(15)13(12)16/h1-6,18H. The maximum Gasteiger partial charge on any atom is 0.165 e. The number of hydrogen-bond acceptors (Lipinski definition) is 2. The molecule has 0 aromatic heterocycles. The Morgan fingerprint density at radius 3 is 2.72 bits per heavy atom. The van der Waals surface area contributed by atoms with Crippen LogP contribution in [0.5, 0.6) is 0 Å². The fraction of sp³-hybridized carbons (Fsp3) is 0. The second kappa shape index (κ2) is 5.38. The molecule has 5 heteroatoms. The molecule has 0 aliphatic heterocycles. The highest BCUT2D eigenvalue weighted by Gasteiger charge is 2.08. The number of halogens is 3. The Kier molecular flexibility index (Phi) is 3.85. The summed E-state index contributed by atoms with van der Waals surface area (Å²) in [6.07, 6.45) is 0. The average molecular weight is 326 g/mol. The molecule has 2 rings (SSSR count). The van der Waals surface area contributed by atoms with Gasteiger partial charge in [0.25, 0.3) is 0 Å². The quantitative estimate of drug-likeness (QED) is 0.856. The highest BCUT2D eigenvalue weighted by molar-refractivity contribution is 9.10. The summed E-state index contributed by atoms with van der Waals surface area (Å²) in [7, 11) is 0. The molecule has 2 aromatic carbocycles. The minimum absolute atomic E-state index is 0.0376. The molecular weight excluding hydrogens is 319 g/mol. The first-order chi connectivity index (χ1) is 8.61. The fourth-order valence-corrected chi connectivity index (χ4v) is 2.00. The lowest BCUT2D eigenvalue weighted by Crippen LogP contribution is -1.96. The van der Waals surface area contributed by atoms with Crippen LogP contribution in [-0.4, -0.2) is 0 Å². The Bertz CT molecular complexity index is 637. The molecule has 0 unspecified atom stereocenters. The number of rotatable bonds is 2. The van der Waals surface area contributed by atoms with Gasteiger partial charge in [-0.3, -0.25) is 0 Å².